The van der Waals surface area contributed by atoms with E-state index < -0.39 is 17.8 Å². The Bertz CT molecular complexity index is 1520. The molecule has 0 unspecified atom stereocenters. The molecule has 1 aromatic heterocycles. The van der Waals surface area contributed by atoms with E-state index in [1.54, 1.807) is 25.3 Å². The van der Waals surface area contributed by atoms with Gasteiger partial charge in [-0.1, -0.05) is 32.6 Å². The van der Waals surface area contributed by atoms with Crippen molar-refractivity contribution in [1.29, 1.82) is 0 Å². The number of amides is 1. The van der Waals surface area contributed by atoms with Crippen LogP contribution in [0.5, 0.6) is 5.75 Å². The number of piperidine rings is 1. The van der Waals surface area contributed by atoms with Crippen molar-refractivity contribution in [1.82, 2.24) is 14.9 Å². The maximum Gasteiger partial charge on any atom is 0.416 e. The van der Waals surface area contributed by atoms with Crippen molar-refractivity contribution in [2.75, 3.05) is 60.5 Å². The molecule has 0 aliphatic carbocycles. The van der Waals surface area contributed by atoms with Crippen molar-refractivity contribution < 1.29 is 27.5 Å². The minimum Gasteiger partial charge on any atom is -0.494 e. The first-order chi connectivity index (χ1) is 22.1. The average molecular weight is 640 g/mol. The molecule has 2 saturated heterocycles. The SMILES string of the molecule is C=CC(=O)Nc1cc(Nc2cc(N3OCC[C@@H]3c3cccc(C(F)(F)F)c3)ncn2)c(OC)cc1N1CCC(N(CC)CC)CC1. The molecule has 2 aliphatic heterocycles. The summed E-state index contributed by atoms with van der Waals surface area (Å²) in [6, 6.07) is 10.6. The maximum absolute atomic E-state index is 13.4. The number of rotatable bonds is 11. The van der Waals surface area contributed by atoms with Crippen LogP contribution in [0, 0.1) is 0 Å². The Morgan fingerprint density at radius 3 is 2.54 bits per heavy atom. The van der Waals surface area contributed by atoms with Crippen molar-refractivity contribution in [3.05, 3.63) is 72.6 Å². The van der Waals surface area contributed by atoms with Gasteiger partial charge in [0.15, 0.2) is 5.82 Å². The summed E-state index contributed by atoms with van der Waals surface area (Å²) in [5.74, 6) is 0.975. The minimum absolute atomic E-state index is 0.321. The smallest absolute Gasteiger partial charge is 0.416 e. The number of hydroxylamine groups is 1. The second kappa shape index (κ2) is 14.4. The van der Waals surface area contributed by atoms with E-state index in [1.165, 1.54) is 23.5 Å². The van der Waals surface area contributed by atoms with Crippen LogP contribution in [-0.2, 0) is 15.8 Å². The zero-order chi connectivity index (χ0) is 32.8. The van der Waals surface area contributed by atoms with E-state index in [9.17, 15) is 18.0 Å². The van der Waals surface area contributed by atoms with Crippen molar-refractivity contribution >= 4 is 34.6 Å². The fourth-order valence-electron chi connectivity index (χ4n) is 6.19. The average Bonchev–Trinajstić information content (AvgIpc) is 3.56. The molecule has 13 heteroatoms. The summed E-state index contributed by atoms with van der Waals surface area (Å²) < 4.78 is 46.0. The molecule has 0 spiro atoms. The van der Waals surface area contributed by atoms with Gasteiger partial charge in [0.05, 0.1) is 42.4 Å². The molecule has 3 aromatic rings. The van der Waals surface area contributed by atoms with E-state index in [-0.39, 0.29) is 5.91 Å². The van der Waals surface area contributed by atoms with Crippen molar-refractivity contribution in [2.24, 2.45) is 0 Å². The van der Waals surface area contributed by atoms with Gasteiger partial charge in [-0.15, -0.1) is 0 Å². The number of alkyl halides is 3. The molecule has 46 heavy (non-hydrogen) atoms. The monoisotopic (exact) mass is 639 g/mol. The highest BCUT2D eigenvalue weighted by Crippen LogP contribution is 2.41. The van der Waals surface area contributed by atoms with E-state index in [0.29, 0.717) is 53.4 Å². The van der Waals surface area contributed by atoms with Crippen molar-refractivity contribution in [2.45, 2.75) is 51.4 Å². The highest BCUT2D eigenvalue weighted by molar-refractivity contribution is 6.02. The Morgan fingerprint density at radius 2 is 1.87 bits per heavy atom. The second-order valence-electron chi connectivity index (χ2n) is 11.2. The Hall–Kier alpha value is -4.36. The number of carbonyl (C=O) groups excluding carboxylic acids is 1. The van der Waals surface area contributed by atoms with Gasteiger partial charge >= 0.3 is 6.18 Å². The van der Waals surface area contributed by atoms with Crippen LogP contribution in [-0.4, -0.2) is 66.7 Å². The highest BCUT2D eigenvalue weighted by Gasteiger charge is 2.34. The number of methoxy groups -OCH3 is 1. The normalized spacial score (nSPS) is 17.3. The topological polar surface area (TPSA) is 95.1 Å². The van der Waals surface area contributed by atoms with Crippen LogP contribution in [0.1, 0.15) is 50.3 Å². The highest BCUT2D eigenvalue weighted by atomic mass is 19.4. The number of nitrogens with one attached hydrogen (secondary N) is 2. The number of ether oxygens (including phenoxy) is 1. The molecular formula is C33H40F3N7O3. The molecule has 0 radical (unpaired) electrons. The number of halogens is 3. The van der Waals surface area contributed by atoms with Crippen molar-refractivity contribution in [3.8, 4) is 5.75 Å². The second-order valence-corrected chi connectivity index (χ2v) is 11.2. The first-order valence-corrected chi connectivity index (χ1v) is 15.5. The summed E-state index contributed by atoms with van der Waals surface area (Å²) in [4.78, 5) is 31.7. The number of aromatic nitrogens is 2. The molecule has 1 atom stereocenters. The lowest BCUT2D eigenvalue weighted by molar-refractivity contribution is -0.137. The van der Waals surface area contributed by atoms with Gasteiger partial charge in [0.1, 0.15) is 17.9 Å². The Labute approximate surface area is 267 Å². The Balaban J connectivity index is 1.40. The van der Waals surface area contributed by atoms with Crippen LogP contribution in [0.4, 0.5) is 41.9 Å². The Kier molecular flexibility index (Phi) is 10.3. The van der Waals surface area contributed by atoms with E-state index in [1.807, 2.05) is 6.07 Å². The first kappa shape index (κ1) is 33.0. The molecule has 246 valence electrons. The number of hydrogen-bond acceptors (Lipinski definition) is 9. The number of anilines is 5. The number of carbonyl (C=O) groups is 1. The van der Waals surface area contributed by atoms with Crippen LogP contribution in [0.3, 0.4) is 0 Å². The van der Waals surface area contributed by atoms with E-state index in [2.05, 4.69) is 50.8 Å². The third-order valence-corrected chi connectivity index (χ3v) is 8.54. The standard InChI is InChI=1S/C33H40F3N7O3/c1-5-32(44)40-25-18-26(29(45-4)19-28(25)42-14-11-24(12-15-42)41(6-2)7-3)39-30-20-31(38-21-37-30)43-27(13-16-46-43)22-9-8-10-23(17-22)33(34,35)36/h5,8-10,17-21,24,27H,1,6-7,11-16H2,2-4H3,(H,40,44)(H,37,38,39)/t27-/m1/s1. The summed E-state index contributed by atoms with van der Waals surface area (Å²) in [5.41, 5.74) is 1.74. The molecule has 0 bridgehead atoms. The maximum atomic E-state index is 13.4. The zero-order valence-corrected chi connectivity index (χ0v) is 26.3. The fourth-order valence-corrected chi connectivity index (χ4v) is 6.19. The van der Waals surface area contributed by atoms with Crippen molar-refractivity contribution in [3.63, 3.8) is 0 Å². The fraction of sp³-hybridized carbons (Fsp3) is 0.424. The minimum atomic E-state index is -4.45. The lowest BCUT2D eigenvalue weighted by Crippen LogP contribution is -2.45. The Morgan fingerprint density at radius 1 is 1.11 bits per heavy atom. The third-order valence-electron chi connectivity index (χ3n) is 8.54. The lowest BCUT2D eigenvalue weighted by Gasteiger charge is -2.39. The van der Waals surface area contributed by atoms with Gasteiger partial charge in [-0.25, -0.2) is 15.0 Å². The summed E-state index contributed by atoms with van der Waals surface area (Å²) in [5, 5.41) is 7.72. The molecule has 2 fully saturated rings. The van der Waals surface area contributed by atoms with Gasteiger partial charge in [0.2, 0.25) is 5.91 Å². The van der Waals surface area contributed by atoms with Gasteiger partial charge in [-0.2, -0.15) is 13.2 Å². The molecule has 2 aromatic carbocycles. The predicted molar refractivity (Wildman–Crippen MR) is 173 cm³/mol. The number of benzene rings is 2. The molecule has 3 heterocycles. The molecule has 0 saturated carbocycles. The molecule has 1 amide bonds. The molecule has 10 nitrogen and oxygen atoms in total. The molecule has 2 N–H and O–H groups in total. The quantitative estimate of drug-likeness (QED) is 0.226. The van der Waals surface area contributed by atoms with Crippen LogP contribution in [0.25, 0.3) is 0 Å². The third kappa shape index (κ3) is 7.37. The molecule has 2 aliphatic rings. The first-order valence-electron chi connectivity index (χ1n) is 15.5. The summed E-state index contributed by atoms with van der Waals surface area (Å²) in [6.45, 7) is 12.0. The van der Waals surface area contributed by atoms with E-state index in [0.717, 1.165) is 56.8 Å². The van der Waals surface area contributed by atoms with E-state index in [4.69, 9.17) is 9.57 Å². The van der Waals surface area contributed by atoms with Gasteiger partial charge in [0, 0.05) is 37.7 Å². The summed E-state index contributed by atoms with van der Waals surface area (Å²) in [7, 11) is 1.57. The number of hydrogen-bond donors (Lipinski definition) is 2. The van der Waals surface area contributed by atoms with Gasteiger partial charge in [0.25, 0.3) is 0 Å². The van der Waals surface area contributed by atoms with Gasteiger partial charge in [-0.05, 0) is 55.8 Å². The number of nitrogens with zero attached hydrogens (tertiary/aromatic N) is 5. The summed E-state index contributed by atoms with van der Waals surface area (Å²) in [6.07, 6.45) is 0.616. The van der Waals surface area contributed by atoms with Crippen LogP contribution in [0.15, 0.2) is 61.4 Å². The van der Waals surface area contributed by atoms with Gasteiger partial charge < -0.3 is 25.2 Å². The molecule has 5 rings (SSSR count). The van der Waals surface area contributed by atoms with Crippen LogP contribution < -0.4 is 25.3 Å². The van der Waals surface area contributed by atoms with Crippen LogP contribution in [0.2, 0.25) is 0 Å². The summed E-state index contributed by atoms with van der Waals surface area (Å²) >= 11 is 0. The van der Waals surface area contributed by atoms with Crippen LogP contribution >= 0.6 is 0 Å². The molecular weight excluding hydrogens is 599 g/mol. The largest absolute Gasteiger partial charge is 0.494 e. The zero-order valence-electron chi connectivity index (χ0n) is 26.3. The van der Waals surface area contributed by atoms with Gasteiger partial charge in [-0.3, -0.25) is 9.63 Å². The predicted octanol–water partition coefficient (Wildman–Crippen LogP) is 6.57. The lowest BCUT2D eigenvalue weighted by atomic mass is 10.0. The van der Waals surface area contributed by atoms with E-state index >= 15 is 0 Å².